The lowest BCUT2D eigenvalue weighted by atomic mass is 10.0. The van der Waals surface area contributed by atoms with Crippen LogP contribution in [0.15, 0.2) is 30.5 Å². The van der Waals surface area contributed by atoms with Crippen LogP contribution in [0.25, 0.3) is 11.3 Å². The number of hydrazine groups is 1. The standard InChI is InChI=1S/C12H14N4/c1-8-3-4-10(9(2)7-8)11-5-6-14-12(15-11)16-13/h3-7H,13H2,1-2H3,(H,14,15,16). The van der Waals surface area contributed by atoms with Crippen LogP contribution in [0, 0.1) is 13.8 Å². The number of nitrogens with one attached hydrogen (secondary N) is 1. The van der Waals surface area contributed by atoms with Crippen LogP contribution in [-0.4, -0.2) is 9.97 Å². The van der Waals surface area contributed by atoms with E-state index < -0.39 is 0 Å². The van der Waals surface area contributed by atoms with Gasteiger partial charge in [0.25, 0.3) is 0 Å². The van der Waals surface area contributed by atoms with Crippen molar-refractivity contribution < 1.29 is 0 Å². The first-order chi connectivity index (χ1) is 7.70. The third-order valence-electron chi connectivity index (χ3n) is 2.44. The molecular formula is C12H14N4. The summed E-state index contributed by atoms with van der Waals surface area (Å²) in [6, 6.07) is 8.14. The van der Waals surface area contributed by atoms with Gasteiger partial charge in [0.2, 0.25) is 5.95 Å². The number of nitrogens with zero attached hydrogens (tertiary/aromatic N) is 2. The minimum absolute atomic E-state index is 0.428. The molecule has 0 unspecified atom stereocenters. The Hall–Kier alpha value is -1.94. The number of hydrogen-bond donors (Lipinski definition) is 2. The molecule has 0 fully saturated rings. The number of hydrogen-bond acceptors (Lipinski definition) is 4. The molecule has 0 aliphatic heterocycles. The van der Waals surface area contributed by atoms with E-state index in [0.717, 1.165) is 11.3 Å². The quantitative estimate of drug-likeness (QED) is 0.593. The zero-order valence-electron chi connectivity index (χ0n) is 9.36. The maximum Gasteiger partial charge on any atom is 0.237 e. The van der Waals surface area contributed by atoms with Crippen molar-refractivity contribution >= 4 is 5.95 Å². The van der Waals surface area contributed by atoms with E-state index in [9.17, 15) is 0 Å². The fraction of sp³-hybridized carbons (Fsp3) is 0.167. The fourth-order valence-electron chi connectivity index (χ4n) is 1.68. The summed E-state index contributed by atoms with van der Waals surface area (Å²) in [5, 5.41) is 0. The van der Waals surface area contributed by atoms with E-state index in [4.69, 9.17) is 5.84 Å². The van der Waals surface area contributed by atoms with Crippen molar-refractivity contribution in [1.29, 1.82) is 0 Å². The van der Waals surface area contributed by atoms with Gasteiger partial charge in [-0.3, -0.25) is 5.43 Å². The van der Waals surface area contributed by atoms with E-state index in [1.165, 1.54) is 11.1 Å². The molecule has 0 saturated carbocycles. The number of nitrogens with two attached hydrogens (primary N) is 1. The highest BCUT2D eigenvalue weighted by Crippen LogP contribution is 2.22. The van der Waals surface area contributed by atoms with Gasteiger partial charge in [-0.2, -0.15) is 0 Å². The lowest BCUT2D eigenvalue weighted by Crippen LogP contribution is -2.10. The minimum Gasteiger partial charge on any atom is -0.292 e. The lowest BCUT2D eigenvalue weighted by molar-refractivity contribution is 1.12. The molecule has 0 aliphatic rings. The molecule has 0 saturated heterocycles. The number of rotatable bonds is 2. The smallest absolute Gasteiger partial charge is 0.237 e. The fourth-order valence-corrected chi connectivity index (χ4v) is 1.68. The van der Waals surface area contributed by atoms with Crippen molar-refractivity contribution in [3.63, 3.8) is 0 Å². The first kappa shape index (κ1) is 10.6. The van der Waals surface area contributed by atoms with Gasteiger partial charge in [-0.05, 0) is 25.5 Å². The van der Waals surface area contributed by atoms with Crippen LogP contribution in [0.2, 0.25) is 0 Å². The van der Waals surface area contributed by atoms with Crippen molar-refractivity contribution in [2.75, 3.05) is 5.43 Å². The van der Waals surface area contributed by atoms with Crippen LogP contribution in [-0.2, 0) is 0 Å². The van der Waals surface area contributed by atoms with Gasteiger partial charge < -0.3 is 0 Å². The second kappa shape index (κ2) is 4.28. The predicted octanol–water partition coefficient (Wildman–Crippen LogP) is 2.05. The molecule has 0 bridgehead atoms. The molecule has 1 aromatic carbocycles. The highest BCUT2D eigenvalue weighted by Gasteiger charge is 2.04. The largest absolute Gasteiger partial charge is 0.292 e. The Morgan fingerprint density at radius 2 is 2.00 bits per heavy atom. The van der Waals surface area contributed by atoms with E-state index in [2.05, 4.69) is 47.4 Å². The molecule has 0 atom stereocenters. The van der Waals surface area contributed by atoms with Gasteiger partial charge in [0.15, 0.2) is 0 Å². The Labute approximate surface area is 94.5 Å². The first-order valence-electron chi connectivity index (χ1n) is 5.08. The second-order valence-corrected chi connectivity index (χ2v) is 3.73. The van der Waals surface area contributed by atoms with E-state index in [1.807, 2.05) is 6.07 Å². The van der Waals surface area contributed by atoms with Crippen molar-refractivity contribution in [3.05, 3.63) is 41.6 Å². The summed E-state index contributed by atoms with van der Waals surface area (Å²) in [5.41, 5.74) is 6.86. The molecule has 2 aromatic rings. The summed E-state index contributed by atoms with van der Waals surface area (Å²) in [6.45, 7) is 4.14. The van der Waals surface area contributed by atoms with Crippen molar-refractivity contribution in [3.8, 4) is 11.3 Å². The number of nitrogen functional groups attached to an aromatic ring is 1. The Morgan fingerprint density at radius 3 is 2.69 bits per heavy atom. The van der Waals surface area contributed by atoms with E-state index >= 15 is 0 Å². The molecule has 2 rings (SSSR count). The van der Waals surface area contributed by atoms with Crippen LogP contribution in [0.5, 0.6) is 0 Å². The summed E-state index contributed by atoms with van der Waals surface area (Å²) in [4.78, 5) is 8.29. The summed E-state index contributed by atoms with van der Waals surface area (Å²) in [7, 11) is 0. The SMILES string of the molecule is Cc1ccc(-c2ccnc(NN)n2)c(C)c1. The van der Waals surface area contributed by atoms with Crippen molar-refractivity contribution in [2.45, 2.75) is 13.8 Å². The average molecular weight is 214 g/mol. The Kier molecular flexibility index (Phi) is 2.83. The predicted molar refractivity (Wildman–Crippen MR) is 64.8 cm³/mol. The lowest BCUT2D eigenvalue weighted by Gasteiger charge is -2.07. The Balaban J connectivity index is 2.49. The van der Waals surface area contributed by atoms with Crippen LogP contribution in [0.3, 0.4) is 0 Å². The van der Waals surface area contributed by atoms with E-state index in [1.54, 1.807) is 6.20 Å². The molecule has 16 heavy (non-hydrogen) atoms. The third-order valence-corrected chi connectivity index (χ3v) is 2.44. The molecule has 1 aromatic heterocycles. The summed E-state index contributed by atoms with van der Waals surface area (Å²) >= 11 is 0. The molecule has 0 amide bonds. The average Bonchev–Trinajstić information content (AvgIpc) is 2.29. The number of anilines is 1. The summed E-state index contributed by atoms with van der Waals surface area (Å²) < 4.78 is 0. The zero-order valence-corrected chi connectivity index (χ0v) is 9.36. The van der Waals surface area contributed by atoms with Gasteiger partial charge in [0, 0.05) is 11.8 Å². The summed E-state index contributed by atoms with van der Waals surface area (Å²) in [5.74, 6) is 5.71. The second-order valence-electron chi connectivity index (χ2n) is 3.73. The Bertz CT molecular complexity index is 508. The molecule has 0 aliphatic carbocycles. The molecule has 3 N–H and O–H groups in total. The highest BCUT2D eigenvalue weighted by molar-refractivity contribution is 5.64. The molecule has 4 heteroatoms. The van der Waals surface area contributed by atoms with Crippen molar-refractivity contribution in [2.24, 2.45) is 5.84 Å². The zero-order chi connectivity index (χ0) is 11.5. The number of aromatic nitrogens is 2. The molecule has 4 nitrogen and oxygen atoms in total. The highest BCUT2D eigenvalue weighted by atomic mass is 15.3. The molecule has 0 radical (unpaired) electrons. The van der Waals surface area contributed by atoms with Gasteiger partial charge in [-0.15, -0.1) is 0 Å². The minimum atomic E-state index is 0.428. The Morgan fingerprint density at radius 1 is 1.19 bits per heavy atom. The van der Waals surface area contributed by atoms with Crippen LogP contribution in [0.1, 0.15) is 11.1 Å². The number of benzene rings is 1. The van der Waals surface area contributed by atoms with Gasteiger partial charge in [-0.1, -0.05) is 23.8 Å². The van der Waals surface area contributed by atoms with Gasteiger partial charge >= 0.3 is 0 Å². The third kappa shape index (κ3) is 2.01. The van der Waals surface area contributed by atoms with Crippen LogP contribution in [0.4, 0.5) is 5.95 Å². The molecule has 82 valence electrons. The summed E-state index contributed by atoms with van der Waals surface area (Å²) in [6.07, 6.45) is 1.69. The molecule has 1 heterocycles. The maximum atomic E-state index is 5.28. The normalized spacial score (nSPS) is 10.2. The maximum absolute atomic E-state index is 5.28. The van der Waals surface area contributed by atoms with Crippen molar-refractivity contribution in [1.82, 2.24) is 9.97 Å². The van der Waals surface area contributed by atoms with E-state index in [-0.39, 0.29) is 0 Å². The van der Waals surface area contributed by atoms with Crippen LogP contribution >= 0.6 is 0 Å². The monoisotopic (exact) mass is 214 g/mol. The first-order valence-corrected chi connectivity index (χ1v) is 5.08. The van der Waals surface area contributed by atoms with Gasteiger partial charge in [-0.25, -0.2) is 15.8 Å². The topological polar surface area (TPSA) is 63.8 Å². The number of aryl methyl sites for hydroxylation is 2. The van der Waals surface area contributed by atoms with Gasteiger partial charge in [0.05, 0.1) is 5.69 Å². The molecule has 0 spiro atoms. The molecular weight excluding hydrogens is 200 g/mol. The van der Waals surface area contributed by atoms with E-state index in [0.29, 0.717) is 5.95 Å². The van der Waals surface area contributed by atoms with Crippen LogP contribution < -0.4 is 11.3 Å². The van der Waals surface area contributed by atoms with Gasteiger partial charge in [0.1, 0.15) is 0 Å².